The van der Waals surface area contributed by atoms with Gasteiger partial charge in [-0.3, -0.25) is 4.98 Å². The van der Waals surface area contributed by atoms with Crippen LogP contribution in [0.1, 0.15) is 5.69 Å². The largest absolute Gasteiger partial charge is 0.253 e. The van der Waals surface area contributed by atoms with Crippen molar-refractivity contribution in [3.8, 4) is 67.7 Å². The van der Waals surface area contributed by atoms with E-state index in [9.17, 15) is 0 Å². The third-order valence-electron chi connectivity index (χ3n) is 10.3. The Balaban J connectivity index is 1.21. The van der Waals surface area contributed by atoms with Crippen LogP contribution in [0.15, 0.2) is 188 Å². The summed E-state index contributed by atoms with van der Waals surface area (Å²) < 4.78 is 0. The van der Waals surface area contributed by atoms with E-state index in [0.29, 0.717) is 17.5 Å². The summed E-state index contributed by atoms with van der Waals surface area (Å²) in [7, 11) is 0. The van der Waals surface area contributed by atoms with Crippen molar-refractivity contribution >= 4 is 32.3 Å². The summed E-state index contributed by atoms with van der Waals surface area (Å²) in [5, 5.41) is 7.49. The van der Waals surface area contributed by atoms with Crippen LogP contribution in [-0.4, -0.2) is 19.9 Å². The van der Waals surface area contributed by atoms with Crippen LogP contribution in [0.5, 0.6) is 0 Å². The maximum Gasteiger partial charge on any atom is 0.164 e. The number of aromatic nitrogens is 4. The maximum atomic E-state index is 5.14. The Morgan fingerprint density at radius 2 is 0.673 bits per heavy atom. The molecule has 0 saturated heterocycles. The van der Waals surface area contributed by atoms with E-state index < -0.39 is 0 Å². The number of hydrogen-bond acceptors (Lipinski definition) is 4. The van der Waals surface area contributed by atoms with Crippen molar-refractivity contribution in [1.82, 2.24) is 19.9 Å². The van der Waals surface area contributed by atoms with Crippen molar-refractivity contribution in [2.75, 3.05) is 0 Å². The Kier molecular flexibility index (Phi) is 8.00. The molecular weight excluding hydrogens is 669 g/mol. The van der Waals surface area contributed by atoms with Gasteiger partial charge in [-0.1, -0.05) is 146 Å². The summed E-state index contributed by atoms with van der Waals surface area (Å²) in [4.78, 5) is 20.1. The number of aryl methyl sites for hydroxylation is 1. The standard InChI is InChI=1S/C51H34N4/c1-33-14-12-25-48(52-33)38-20-13-19-36(28-38)39-29-40(37-26-27-46-44-23-9-8-21-42(44)43-22-10-11-24-45(43)47(46)32-37)31-41(30-39)51-54-49(34-15-4-2-5-16-34)53-50(55-51)35-17-6-3-7-18-35/h2-32H,1H3. The minimum atomic E-state index is 0.615. The Bertz CT molecular complexity index is 2950. The molecule has 2 heterocycles. The second-order valence-corrected chi connectivity index (χ2v) is 13.9. The van der Waals surface area contributed by atoms with Gasteiger partial charge in [0, 0.05) is 27.9 Å². The van der Waals surface area contributed by atoms with Crippen LogP contribution >= 0.6 is 0 Å². The van der Waals surface area contributed by atoms with Gasteiger partial charge in [-0.25, -0.2) is 15.0 Å². The smallest absolute Gasteiger partial charge is 0.164 e. The van der Waals surface area contributed by atoms with E-state index in [-0.39, 0.29) is 0 Å². The predicted octanol–water partition coefficient (Wildman–Crippen LogP) is 13.0. The maximum absolute atomic E-state index is 5.14. The highest BCUT2D eigenvalue weighted by molar-refractivity contribution is 6.25. The molecule has 0 saturated carbocycles. The normalized spacial score (nSPS) is 11.4. The highest BCUT2D eigenvalue weighted by Gasteiger charge is 2.16. The van der Waals surface area contributed by atoms with Crippen LogP contribution in [0.25, 0.3) is 100.0 Å². The summed E-state index contributed by atoms with van der Waals surface area (Å²) >= 11 is 0. The van der Waals surface area contributed by atoms with Crippen LogP contribution in [0.2, 0.25) is 0 Å². The summed E-state index contributed by atoms with van der Waals surface area (Å²) in [6, 6.07) is 66.1. The topological polar surface area (TPSA) is 51.6 Å². The van der Waals surface area contributed by atoms with Crippen molar-refractivity contribution in [3.05, 3.63) is 194 Å². The number of rotatable bonds is 6. The molecule has 55 heavy (non-hydrogen) atoms. The third kappa shape index (κ3) is 6.10. The summed E-state index contributed by atoms with van der Waals surface area (Å²) in [5.74, 6) is 1.88. The van der Waals surface area contributed by atoms with E-state index in [1.165, 1.54) is 32.3 Å². The molecule has 0 unspecified atom stereocenters. The Morgan fingerprint density at radius 3 is 1.25 bits per heavy atom. The quantitative estimate of drug-likeness (QED) is 0.162. The molecule has 0 N–H and O–H groups in total. The van der Waals surface area contributed by atoms with Gasteiger partial charge in [-0.2, -0.15) is 0 Å². The minimum absolute atomic E-state index is 0.615. The highest BCUT2D eigenvalue weighted by Crippen LogP contribution is 2.39. The highest BCUT2D eigenvalue weighted by atomic mass is 15.0. The van der Waals surface area contributed by atoms with Crippen LogP contribution in [-0.2, 0) is 0 Å². The first-order valence-electron chi connectivity index (χ1n) is 18.6. The Labute approximate surface area is 319 Å². The van der Waals surface area contributed by atoms with Gasteiger partial charge in [0.25, 0.3) is 0 Å². The molecule has 0 radical (unpaired) electrons. The molecule has 10 rings (SSSR count). The monoisotopic (exact) mass is 702 g/mol. The van der Waals surface area contributed by atoms with Gasteiger partial charge in [0.15, 0.2) is 17.5 Å². The lowest BCUT2D eigenvalue weighted by molar-refractivity contribution is 1.07. The van der Waals surface area contributed by atoms with Gasteiger partial charge >= 0.3 is 0 Å². The molecule has 8 aromatic carbocycles. The van der Waals surface area contributed by atoms with Crippen molar-refractivity contribution < 1.29 is 0 Å². The zero-order valence-electron chi connectivity index (χ0n) is 30.2. The van der Waals surface area contributed by atoms with E-state index in [1.54, 1.807) is 0 Å². The number of fused-ring (bicyclic) bond motifs is 6. The van der Waals surface area contributed by atoms with Crippen molar-refractivity contribution in [3.63, 3.8) is 0 Å². The van der Waals surface area contributed by atoms with Gasteiger partial charge < -0.3 is 0 Å². The minimum Gasteiger partial charge on any atom is -0.253 e. The van der Waals surface area contributed by atoms with Crippen LogP contribution < -0.4 is 0 Å². The molecule has 0 aliphatic carbocycles. The first-order chi connectivity index (χ1) is 27.1. The van der Waals surface area contributed by atoms with Crippen LogP contribution in [0.4, 0.5) is 0 Å². The Hall–Kier alpha value is -7.30. The zero-order chi connectivity index (χ0) is 36.7. The lowest BCUT2D eigenvalue weighted by Crippen LogP contribution is -2.00. The van der Waals surface area contributed by atoms with Crippen molar-refractivity contribution in [1.29, 1.82) is 0 Å². The average Bonchev–Trinajstić information content (AvgIpc) is 3.26. The second-order valence-electron chi connectivity index (χ2n) is 13.9. The molecule has 0 fully saturated rings. The first kappa shape index (κ1) is 32.4. The lowest BCUT2D eigenvalue weighted by atomic mass is 9.90. The fraction of sp³-hybridized carbons (Fsp3) is 0.0196. The van der Waals surface area contributed by atoms with Crippen molar-refractivity contribution in [2.45, 2.75) is 6.92 Å². The molecule has 258 valence electrons. The predicted molar refractivity (Wildman–Crippen MR) is 227 cm³/mol. The van der Waals surface area contributed by atoms with Gasteiger partial charge in [-0.05, 0) is 104 Å². The molecule has 10 aromatic rings. The van der Waals surface area contributed by atoms with Gasteiger partial charge in [-0.15, -0.1) is 0 Å². The van der Waals surface area contributed by atoms with E-state index in [2.05, 4.69) is 121 Å². The van der Waals surface area contributed by atoms with Crippen molar-refractivity contribution in [2.24, 2.45) is 0 Å². The van der Waals surface area contributed by atoms with Crippen LogP contribution in [0.3, 0.4) is 0 Å². The summed E-state index contributed by atoms with van der Waals surface area (Å²) in [6.07, 6.45) is 0. The number of pyridine rings is 1. The fourth-order valence-corrected chi connectivity index (χ4v) is 7.68. The molecule has 0 amide bonds. The average molecular weight is 703 g/mol. The van der Waals surface area contributed by atoms with Gasteiger partial charge in [0.2, 0.25) is 0 Å². The summed E-state index contributed by atoms with van der Waals surface area (Å²) in [6.45, 7) is 2.03. The van der Waals surface area contributed by atoms with E-state index in [1.807, 2.05) is 73.7 Å². The van der Waals surface area contributed by atoms with Crippen LogP contribution in [0, 0.1) is 6.92 Å². The number of nitrogens with zero attached hydrogens (tertiary/aromatic N) is 4. The van der Waals surface area contributed by atoms with E-state index in [4.69, 9.17) is 19.9 Å². The molecule has 2 aromatic heterocycles. The molecule has 0 atom stereocenters. The molecule has 0 bridgehead atoms. The lowest BCUT2D eigenvalue weighted by Gasteiger charge is -2.15. The second kappa shape index (κ2) is 13.6. The van der Waals surface area contributed by atoms with E-state index in [0.717, 1.165) is 55.9 Å². The Morgan fingerprint density at radius 1 is 0.255 bits per heavy atom. The first-order valence-corrected chi connectivity index (χ1v) is 18.6. The molecule has 0 aliphatic heterocycles. The summed E-state index contributed by atoms with van der Waals surface area (Å²) in [5.41, 5.74) is 10.1. The number of hydrogen-bond donors (Lipinski definition) is 0. The molecule has 4 heteroatoms. The van der Waals surface area contributed by atoms with Gasteiger partial charge in [0.1, 0.15) is 0 Å². The molecule has 0 aliphatic rings. The SMILES string of the molecule is Cc1cccc(-c2cccc(-c3cc(-c4ccc5c6ccccc6c6ccccc6c5c4)cc(-c4nc(-c5ccccc5)nc(-c5ccccc5)n4)c3)c2)n1. The molecular formula is C51H34N4. The zero-order valence-corrected chi connectivity index (χ0v) is 30.2. The van der Waals surface area contributed by atoms with E-state index >= 15 is 0 Å². The molecule has 4 nitrogen and oxygen atoms in total. The fourth-order valence-electron chi connectivity index (χ4n) is 7.68. The third-order valence-corrected chi connectivity index (χ3v) is 10.3. The van der Waals surface area contributed by atoms with Gasteiger partial charge in [0.05, 0.1) is 5.69 Å². The number of benzene rings is 8. The molecule has 0 spiro atoms.